The molecule has 2 amide bonds. The molecule has 9 nitrogen and oxygen atoms in total. The Morgan fingerprint density at radius 3 is 2.40 bits per heavy atom. The second kappa shape index (κ2) is 7.51. The molecule has 1 aliphatic rings. The van der Waals surface area contributed by atoms with Gasteiger partial charge in [-0.25, -0.2) is 9.88 Å². The lowest BCUT2D eigenvalue weighted by molar-refractivity contribution is -0.121. The molecule has 3 aromatic rings. The summed E-state index contributed by atoms with van der Waals surface area (Å²) >= 11 is 0. The molecule has 2 aromatic heterocycles. The number of imide groups is 1. The number of amides is 2. The molecule has 9 heteroatoms. The summed E-state index contributed by atoms with van der Waals surface area (Å²) in [7, 11) is 3.01. The van der Waals surface area contributed by atoms with Crippen molar-refractivity contribution in [3.8, 4) is 17.3 Å². The molecule has 2 N–H and O–H groups in total. The van der Waals surface area contributed by atoms with Crippen molar-refractivity contribution in [2.75, 3.05) is 24.9 Å². The Morgan fingerprint density at radius 2 is 1.80 bits per heavy atom. The Morgan fingerprint density at radius 1 is 1.10 bits per heavy atom. The molecule has 0 spiro atoms. The second-order valence-electron chi connectivity index (χ2n) is 6.88. The minimum absolute atomic E-state index is 0.00267. The Balaban J connectivity index is 1.73. The van der Waals surface area contributed by atoms with Gasteiger partial charge in [0.1, 0.15) is 17.3 Å². The Kier molecular flexibility index (Phi) is 4.86. The summed E-state index contributed by atoms with van der Waals surface area (Å²) in [6, 6.07) is 10.3. The molecule has 4 rings (SSSR count). The first kappa shape index (κ1) is 19.4. The van der Waals surface area contributed by atoms with Gasteiger partial charge in [-0.15, -0.1) is 0 Å². The van der Waals surface area contributed by atoms with Gasteiger partial charge in [0.2, 0.25) is 11.8 Å². The number of nitrogens with zero attached hydrogens (tertiary/aromatic N) is 4. The fourth-order valence-electron chi connectivity index (χ4n) is 3.69. The van der Waals surface area contributed by atoms with Gasteiger partial charge < -0.3 is 15.2 Å². The molecule has 1 aliphatic heterocycles. The van der Waals surface area contributed by atoms with Crippen LogP contribution in [0.5, 0.6) is 11.5 Å². The smallest absolute Gasteiger partial charge is 0.242 e. The summed E-state index contributed by atoms with van der Waals surface area (Å²) in [5.74, 6) is 0.361. The molecule has 30 heavy (non-hydrogen) atoms. The van der Waals surface area contributed by atoms with Gasteiger partial charge in [-0.2, -0.15) is 9.78 Å². The topological polar surface area (TPSA) is 113 Å². The molecule has 154 valence electrons. The summed E-state index contributed by atoms with van der Waals surface area (Å²) < 4.78 is 12.0. The fraction of sp³-hybridized carbons (Fsp3) is 0.238. The van der Waals surface area contributed by atoms with Crippen LogP contribution in [-0.2, 0) is 9.59 Å². The van der Waals surface area contributed by atoms with E-state index < -0.39 is 5.92 Å². The molecule has 1 saturated heterocycles. The third kappa shape index (κ3) is 3.14. The van der Waals surface area contributed by atoms with Crippen LogP contribution in [0.2, 0.25) is 0 Å². The Bertz CT molecular complexity index is 1100. The van der Waals surface area contributed by atoms with Crippen molar-refractivity contribution >= 4 is 23.3 Å². The number of nitrogens with two attached hydrogens (primary N) is 1. The lowest BCUT2D eigenvalue weighted by Gasteiger charge is -2.17. The Labute approximate surface area is 173 Å². The quantitative estimate of drug-likeness (QED) is 0.645. The van der Waals surface area contributed by atoms with Crippen molar-refractivity contribution < 1.29 is 19.1 Å². The normalized spacial score (nSPS) is 16.2. The van der Waals surface area contributed by atoms with E-state index in [1.54, 1.807) is 43.5 Å². The van der Waals surface area contributed by atoms with Gasteiger partial charge in [-0.05, 0) is 19.1 Å². The first-order valence-corrected chi connectivity index (χ1v) is 9.30. The second-order valence-corrected chi connectivity index (χ2v) is 6.88. The minimum Gasteiger partial charge on any atom is -0.497 e. The number of carbonyl (C=O) groups is 2. The highest BCUT2D eigenvalue weighted by atomic mass is 16.5. The van der Waals surface area contributed by atoms with Crippen LogP contribution in [0.3, 0.4) is 0 Å². The first-order chi connectivity index (χ1) is 14.4. The maximum Gasteiger partial charge on any atom is 0.242 e. The molecule has 0 bridgehead atoms. The van der Waals surface area contributed by atoms with E-state index in [2.05, 4.69) is 10.1 Å². The summed E-state index contributed by atoms with van der Waals surface area (Å²) in [5, 5.41) is 4.44. The van der Waals surface area contributed by atoms with Gasteiger partial charge in [-0.1, -0.05) is 6.07 Å². The van der Waals surface area contributed by atoms with Crippen LogP contribution < -0.4 is 20.1 Å². The van der Waals surface area contributed by atoms with Crippen LogP contribution in [0.15, 0.2) is 42.6 Å². The van der Waals surface area contributed by atoms with Gasteiger partial charge >= 0.3 is 0 Å². The van der Waals surface area contributed by atoms with Crippen LogP contribution in [0.1, 0.15) is 23.6 Å². The largest absolute Gasteiger partial charge is 0.497 e. The van der Waals surface area contributed by atoms with E-state index >= 15 is 0 Å². The highest BCUT2D eigenvalue weighted by molar-refractivity contribution is 6.23. The standard InChI is InChI=1S/C21H21N5O4/c1-12-19(20(22)26(24-12)17-6-4-5-7-23-17)16-11-18(27)25(21(16)28)13-8-14(29-2)10-15(9-13)30-3/h4-10,16H,11,22H2,1-3H3/t16-/m1/s1. The van der Waals surface area contributed by atoms with E-state index in [-0.39, 0.29) is 18.2 Å². The molecule has 1 aromatic carbocycles. The number of benzene rings is 1. The number of methoxy groups -OCH3 is 2. The molecule has 0 aliphatic carbocycles. The third-order valence-electron chi connectivity index (χ3n) is 5.10. The molecular formula is C21H21N5O4. The van der Waals surface area contributed by atoms with Crippen LogP contribution in [0.25, 0.3) is 5.82 Å². The molecule has 0 radical (unpaired) electrons. The number of anilines is 2. The number of hydrogen-bond donors (Lipinski definition) is 1. The summed E-state index contributed by atoms with van der Waals surface area (Å²) in [6.07, 6.45) is 1.63. The maximum atomic E-state index is 13.3. The number of nitrogen functional groups attached to an aromatic ring is 1. The predicted octanol–water partition coefficient (Wildman–Crippen LogP) is 2.22. The molecule has 1 fully saturated rings. The number of carbonyl (C=O) groups excluding carboxylic acids is 2. The third-order valence-corrected chi connectivity index (χ3v) is 5.10. The molecule has 1 atom stereocenters. The number of rotatable bonds is 5. The van der Waals surface area contributed by atoms with Gasteiger partial charge in [0.05, 0.1) is 31.5 Å². The van der Waals surface area contributed by atoms with Crippen LogP contribution in [0.4, 0.5) is 11.5 Å². The van der Waals surface area contributed by atoms with Crippen molar-refractivity contribution in [2.24, 2.45) is 0 Å². The zero-order chi connectivity index (χ0) is 21.4. The van der Waals surface area contributed by atoms with E-state index in [9.17, 15) is 9.59 Å². The summed E-state index contributed by atoms with van der Waals surface area (Å²) in [6.45, 7) is 1.76. The Hall–Kier alpha value is -3.88. The average Bonchev–Trinajstić information content (AvgIpc) is 3.22. The number of aryl methyl sites for hydroxylation is 1. The monoisotopic (exact) mass is 407 g/mol. The average molecular weight is 407 g/mol. The molecule has 0 saturated carbocycles. The number of aromatic nitrogens is 3. The highest BCUT2D eigenvalue weighted by Gasteiger charge is 2.43. The zero-order valence-electron chi connectivity index (χ0n) is 16.8. The fourth-order valence-corrected chi connectivity index (χ4v) is 3.69. The van der Waals surface area contributed by atoms with Gasteiger partial charge in [0.25, 0.3) is 0 Å². The number of hydrogen-bond acceptors (Lipinski definition) is 7. The minimum atomic E-state index is -0.729. The van der Waals surface area contributed by atoms with E-state index in [1.165, 1.54) is 18.9 Å². The zero-order valence-corrected chi connectivity index (χ0v) is 16.8. The SMILES string of the molecule is COc1cc(OC)cc(N2C(=O)C[C@H](c3c(C)nn(-c4ccccn4)c3N)C2=O)c1. The summed E-state index contributed by atoms with van der Waals surface area (Å²) in [5.41, 5.74) is 7.84. The van der Waals surface area contributed by atoms with Gasteiger partial charge in [0.15, 0.2) is 5.82 Å². The molecule has 0 unspecified atom stereocenters. The van der Waals surface area contributed by atoms with Crippen molar-refractivity contribution in [3.63, 3.8) is 0 Å². The van der Waals surface area contributed by atoms with Crippen LogP contribution >= 0.6 is 0 Å². The highest BCUT2D eigenvalue weighted by Crippen LogP contribution is 2.39. The van der Waals surface area contributed by atoms with Crippen molar-refractivity contribution in [2.45, 2.75) is 19.3 Å². The first-order valence-electron chi connectivity index (χ1n) is 9.30. The molecular weight excluding hydrogens is 386 g/mol. The van der Waals surface area contributed by atoms with E-state index in [1.807, 2.05) is 6.07 Å². The van der Waals surface area contributed by atoms with E-state index in [4.69, 9.17) is 15.2 Å². The van der Waals surface area contributed by atoms with Gasteiger partial charge in [-0.3, -0.25) is 9.59 Å². The predicted molar refractivity (Wildman–Crippen MR) is 110 cm³/mol. The molecule has 3 heterocycles. The van der Waals surface area contributed by atoms with Crippen molar-refractivity contribution in [3.05, 3.63) is 53.9 Å². The summed E-state index contributed by atoms with van der Waals surface area (Å²) in [4.78, 5) is 31.5. The van der Waals surface area contributed by atoms with Crippen LogP contribution in [-0.4, -0.2) is 40.8 Å². The lowest BCUT2D eigenvalue weighted by Crippen LogP contribution is -2.30. The van der Waals surface area contributed by atoms with E-state index in [0.717, 1.165) is 4.90 Å². The van der Waals surface area contributed by atoms with Crippen molar-refractivity contribution in [1.29, 1.82) is 0 Å². The van der Waals surface area contributed by atoms with Crippen LogP contribution in [0, 0.1) is 6.92 Å². The lowest BCUT2D eigenvalue weighted by atomic mass is 9.97. The van der Waals surface area contributed by atoms with Crippen molar-refractivity contribution in [1.82, 2.24) is 14.8 Å². The maximum absolute atomic E-state index is 13.3. The van der Waals surface area contributed by atoms with E-state index in [0.29, 0.717) is 40.1 Å². The number of ether oxygens (including phenoxy) is 2. The van der Waals surface area contributed by atoms with Gasteiger partial charge in [0, 0.05) is 36.4 Å². The number of pyridine rings is 1.